The largest absolute Gasteiger partial charge is 0.476 e. The SMILES string of the molecule is CC1(C)COC(C(O)(CCl)c2ccccc2)=N1. The first-order valence-electron chi connectivity index (χ1n) is 5.55. The van der Waals surface area contributed by atoms with E-state index in [4.69, 9.17) is 16.3 Å². The van der Waals surface area contributed by atoms with Crippen LogP contribution in [-0.4, -0.2) is 29.0 Å². The van der Waals surface area contributed by atoms with Crippen molar-refractivity contribution in [1.29, 1.82) is 0 Å². The van der Waals surface area contributed by atoms with Gasteiger partial charge in [-0.05, 0) is 19.4 Å². The first-order valence-corrected chi connectivity index (χ1v) is 6.08. The third-order valence-electron chi connectivity index (χ3n) is 2.76. The van der Waals surface area contributed by atoms with Crippen molar-refractivity contribution in [3.8, 4) is 0 Å². The number of hydrogen-bond acceptors (Lipinski definition) is 3. The van der Waals surface area contributed by atoms with Gasteiger partial charge in [-0.2, -0.15) is 0 Å². The monoisotopic (exact) mass is 253 g/mol. The molecule has 1 atom stereocenters. The van der Waals surface area contributed by atoms with Gasteiger partial charge in [-0.25, -0.2) is 4.99 Å². The van der Waals surface area contributed by atoms with Gasteiger partial charge in [0.1, 0.15) is 6.61 Å². The van der Waals surface area contributed by atoms with Crippen LogP contribution in [0.15, 0.2) is 35.3 Å². The molecule has 0 spiro atoms. The number of aliphatic hydroxyl groups is 1. The minimum absolute atomic E-state index is 0.0198. The maximum absolute atomic E-state index is 10.6. The minimum Gasteiger partial charge on any atom is -0.476 e. The Bertz CT molecular complexity index is 430. The van der Waals surface area contributed by atoms with E-state index in [1.54, 1.807) is 0 Å². The lowest BCUT2D eigenvalue weighted by Crippen LogP contribution is -2.38. The van der Waals surface area contributed by atoms with Gasteiger partial charge in [0.15, 0.2) is 5.60 Å². The zero-order chi connectivity index (χ0) is 12.5. The Balaban J connectivity index is 2.40. The van der Waals surface area contributed by atoms with Crippen molar-refractivity contribution in [3.05, 3.63) is 35.9 Å². The number of halogens is 1. The highest BCUT2D eigenvalue weighted by Crippen LogP contribution is 2.30. The summed E-state index contributed by atoms with van der Waals surface area (Å²) in [6.07, 6.45) is 0. The zero-order valence-corrected chi connectivity index (χ0v) is 10.7. The summed E-state index contributed by atoms with van der Waals surface area (Å²) in [7, 11) is 0. The van der Waals surface area contributed by atoms with Crippen LogP contribution in [0.25, 0.3) is 0 Å². The molecule has 0 bridgehead atoms. The fourth-order valence-corrected chi connectivity index (χ4v) is 2.04. The first kappa shape index (κ1) is 12.4. The van der Waals surface area contributed by atoms with E-state index >= 15 is 0 Å². The van der Waals surface area contributed by atoms with Crippen LogP contribution >= 0.6 is 11.6 Å². The van der Waals surface area contributed by atoms with Crippen LogP contribution in [0.4, 0.5) is 0 Å². The van der Waals surface area contributed by atoms with E-state index in [2.05, 4.69) is 4.99 Å². The Labute approximate surface area is 106 Å². The molecule has 3 nitrogen and oxygen atoms in total. The molecular weight excluding hydrogens is 238 g/mol. The lowest BCUT2D eigenvalue weighted by Gasteiger charge is -2.25. The van der Waals surface area contributed by atoms with Gasteiger partial charge in [0.25, 0.3) is 0 Å². The lowest BCUT2D eigenvalue weighted by atomic mass is 9.95. The smallest absolute Gasteiger partial charge is 0.223 e. The van der Waals surface area contributed by atoms with Crippen LogP contribution in [-0.2, 0) is 10.3 Å². The summed E-state index contributed by atoms with van der Waals surface area (Å²) < 4.78 is 5.49. The average Bonchev–Trinajstić information content (AvgIpc) is 2.70. The Morgan fingerprint density at radius 3 is 2.53 bits per heavy atom. The number of rotatable bonds is 3. The summed E-state index contributed by atoms with van der Waals surface area (Å²) in [5.41, 5.74) is -0.938. The van der Waals surface area contributed by atoms with E-state index in [1.807, 2.05) is 44.2 Å². The molecule has 0 saturated carbocycles. The summed E-state index contributed by atoms with van der Waals surface area (Å²) in [4.78, 5) is 4.40. The predicted octanol–water partition coefficient (Wildman–Crippen LogP) is 2.32. The summed E-state index contributed by atoms with van der Waals surface area (Å²) >= 11 is 5.91. The van der Waals surface area contributed by atoms with E-state index in [0.29, 0.717) is 18.1 Å². The molecule has 0 aromatic heterocycles. The number of nitrogens with zero attached hydrogens (tertiary/aromatic N) is 1. The maximum atomic E-state index is 10.6. The van der Waals surface area contributed by atoms with E-state index < -0.39 is 5.60 Å². The molecule has 1 aromatic rings. The molecule has 0 fully saturated rings. The number of aliphatic imine (C=N–C) groups is 1. The normalized spacial score (nSPS) is 21.5. The summed E-state index contributed by atoms with van der Waals surface area (Å²) in [5.74, 6) is 0.329. The number of ether oxygens (including phenoxy) is 1. The van der Waals surface area contributed by atoms with Gasteiger partial charge in [-0.1, -0.05) is 30.3 Å². The Kier molecular flexibility index (Phi) is 3.15. The number of hydrogen-bond donors (Lipinski definition) is 1. The molecule has 1 aliphatic rings. The highest BCUT2D eigenvalue weighted by atomic mass is 35.5. The Morgan fingerprint density at radius 1 is 1.41 bits per heavy atom. The van der Waals surface area contributed by atoms with Gasteiger partial charge in [-0.3, -0.25) is 0 Å². The van der Waals surface area contributed by atoms with Crippen LogP contribution in [0.2, 0.25) is 0 Å². The van der Waals surface area contributed by atoms with Crippen LogP contribution < -0.4 is 0 Å². The maximum Gasteiger partial charge on any atom is 0.223 e. The Morgan fingerprint density at radius 2 is 2.06 bits per heavy atom. The number of alkyl halides is 1. The second-order valence-corrected chi connectivity index (χ2v) is 5.15. The molecule has 0 radical (unpaired) electrons. The molecule has 1 N–H and O–H groups in total. The molecule has 1 aliphatic heterocycles. The molecule has 4 heteroatoms. The van der Waals surface area contributed by atoms with E-state index in [1.165, 1.54) is 0 Å². The zero-order valence-electron chi connectivity index (χ0n) is 9.98. The molecule has 0 aliphatic carbocycles. The van der Waals surface area contributed by atoms with Crippen molar-refractivity contribution < 1.29 is 9.84 Å². The van der Waals surface area contributed by atoms with Gasteiger partial charge in [-0.15, -0.1) is 11.6 Å². The molecule has 1 aromatic carbocycles. The standard InChI is InChI=1S/C13H16ClNO2/c1-12(2)9-17-11(15-12)13(16,8-14)10-6-4-3-5-7-10/h3-7,16H,8-9H2,1-2H3. The molecule has 1 heterocycles. The van der Waals surface area contributed by atoms with Crippen molar-refractivity contribution >= 4 is 17.5 Å². The summed E-state index contributed by atoms with van der Waals surface area (Å²) in [6, 6.07) is 9.24. The fraction of sp³-hybridized carbons (Fsp3) is 0.462. The Hall–Kier alpha value is -1.06. The summed E-state index contributed by atoms with van der Waals surface area (Å²) in [6.45, 7) is 4.38. The van der Waals surface area contributed by atoms with E-state index in [-0.39, 0.29) is 11.4 Å². The topological polar surface area (TPSA) is 41.8 Å². The molecule has 1 unspecified atom stereocenters. The molecule has 0 saturated heterocycles. The minimum atomic E-state index is -1.34. The quantitative estimate of drug-likeness (QED) is 0.840. The van der Waals surface area contributed by atoms with Crippen molar-refractivity contribution in [2.45, 2.75) is 25.0 Å². The fourth-order valence-electron chi connectivity index (χ4n) is 1.77. The van der Waals surface area contributed by atoms with Crippen LogP contribution in [0.5, 0.6) is 0 Å². The van der Waals surface area contributed by atoms with Gasteiger partial charge in [0, 0.05) is 0 Å². The van der Waals surface area contributed by atoms with Crippen molar-refractivity contribution in [3.63, 3.8) is 0 Å². The van der Waals surface area contributed by atoms with Gasteiger partial charge in [0.05, 0.1) is 11.4 Å². The number of benzene rings is 1. The lowest BCUT2D eigenvalue weighted by molar-refractivity contribution is 0.104. The van der Waals surface area contributed by atoms with Crippen molar-refractivity contribution in [1.82, 2.24) is 0 Å². The van der Waals surface area contributed by atoms with Crippen molar-refractivity contribution in [2.75, 3.05) is 12.5 Å². The van der Waals surface area contributed by atoms with Gasteiger partial charge in [0.2, 0.25) is 5.90 Å². The highest BCUT2D eigenvalue weighted by molar-refractivity contribution is 6.20. The third kappa shape index (κ3) is 2.31. The van der Waals surface area contributed by atoms with Gasteiger partial charge >= 0.3 is 0 Å². The second-order valence-electron chi connectivity index (χ2n) is 4.88. The third-order valence-corrected chi connectivity index (χ3v) is 3.15. The van der Waals surface area contributed by atoms with Crippen LogP contribution in [0.1, 0.15) is 19.4 Å². The van der Waals surface area contributed by atoms with E-state index in [0.717, 1.165) is 0 Å². The second kappa shape index (κ2) is 4.31. The molecule has 2 rings (SSSR count). The average molecular weight is 254 g/mol. The van der Waals surface area contributed by atoms with Crippen LogP contribution in [0, 0.1) is 0 Å². The highest BCUT2D eigenvalue weighted by Gasteiger charge is 2.42. The first-order chi connectivity index (χ1) is 7.98. The van der Waals surface area contributed by atoms with E-state index in [9.17, 15) is 5.11 Å². The molecule has 0 amide bonds. The predicted molar refractivity (Wildman–Crippen MR) is 68.5 cm³/mol. The molecule has 17 heavy (non-hydrogen) atoms. The molecule has 92 valence electrons. The summed E-state index contributed by atoms with van der Waals surface area (Å²) in [5, 5.41) is 10.6. The van der Waals surface area contributed by atoms with Crippen molar-refractivity contribution in [2.24, 2.45) is 4.99 Å². The molecular formula is C13H16ClNO2. The van der Waals surface area contributed by atoms with Gasteiger partial charge < -0.3 is 9.84 Å². The van der Waals surface area contributed by atoms with Crippen LogP contribution in [0.3, 0.4) is 0 Å².